The van der Waals surface area contributed by atoms with Gasteiger partial charge in [0.25, 0.3) is 5.91 Å². The molecule has 1 unspecified atom stereocenters. The van der Waals surface area contributed by atoms with Crippen LogP contribution in [0.1, 0.15) is 23.7 Å². The lowest BCUT2D eigenvalue weighted by atomic mass is 10.1. The molecule has 0 aliphatic heterocycles. The second kappa shape index (κ2) is 5.82. The Labute approximate surface area is 108 Å². The van der Waals surface area contributed by atoms with E-state index in [0.717, 1.165) is 0 Å². The largest absolute Gasteiger partial charge is 0.396 e. The third-order valence-corrected chi connectivity index (χ3v) is 2.88. The lowest BCUT2D eigenvalue weighted by Crippen LogP contribution is -2.32. The van der Waals surface area contributed by atoms with Gasteiger partial charge in [-0.25, -0.2) is 4.39 Å². The SMILES string of the molecule is C=CCC(C)NC(=O)c1cc(N)c(F)cc1Br. The van der Waals surface area contributed by atoms with E-state index in [9.17, 15) is 9.18 Å². The van der Waals surface area contributed by atoms with Crippen LogP contribution < -0.4 is 11.1 Å². The molecule has 0 saturated carbocycles. The number of nitrogens with two attached hydrogens (primary N) is 1. The fourth-order valence-corrected chi connectivity index (χ4v) is 1.85. The maximum Gasteiger partial charge on any atom is 0.252 e. The van der Waals surface area contributed by atoms with Crippen LogP contribution in [0.25, 0.3) is 0 Å². The van der Waals surface area contributed by atoms with Crippen LogP contribution in [-0.4, -0.2) is 11.9 Å². The number of halogens is 2. The number of hydrogen-bond acceptors (Lipinski definition) is 2. The third kappa shape index (κ3) is 3.56. The van der Waals surface area contributed by atoms with Crippen molar-refractivity contribution in [1.82, 2.24) is 5.32 Å². The summed E-state index contributed by atoms with van der Waals surface area (Å²) in [5.41, 5.74) is 5.70. The number of nitrogen functional groups attached to an aromatic ring is 1. The minimum Gasteiger partial charge on any atom is -0.396 e. The normalized spacial score (nSPS) is 11.9. The summed E-state index contributed by atoms with van der Waals surface area (Å²) < 4.78 is 13.5. The molecular weight excluding hydrogens is 287 g/mol. The number of rotatable bonds is 4. The topological polar surface area (TPSA) is 55.1 Å². The summed E-state index contributed by atoms with van der Waals surface area (Å²) in [6.45, 7) is 5.46. The first-order valence-electron chi connectivity index (χ1n) is 5.12. The average molecular weight is 301 g/mol. The molecule has 0 spiro atoms. The number of nitrogens with one attached hydrogen (secondary N) is 1. The number of carbonyl (C=O) groups excluding carboxylic acids is 1. The standard InChI is InChI=1S/C12H14BrFN2O/c1-3-4-7(2)16-12(17)8-5-11(15)10(14)6-9(8)13/h3,5-7H,1,4,15H2,2H3,(H,16,17). The van der Waals surface area contributed by atoms with Crippen LogP contribution in [0.5, 0.6) is 0 Å². The van der Waals surface area contributed by atoms with Gasteiger partial charge in [0, 0.05) is 10.5 Å². The minimum atomic E-state index is -0.549. The summed E-state index contributed by atoms with van der Waals surface area (Å²) in [7, 11) is 0. The molecule has 1 atom stereocenters. The average Bonchev–Trinajstić information content (AvgIpc) is 2.23. The highest BCUT2D eigenvalue weighted by Crippen LogP contribution is 2.22. The van der Waals surface area contributed by atoms with E-state index < -0.39 is 5.82 Å². The molecule has 0 heterocycles. The first-order chi connectivity index (χ1) is 7.95. The maximum absolute atomic E-state index is 13.1. The predicted octanol–water partition coefficient (Wildman–Crippen LogP) is 2.86. The number of amides is 1. The van der Waals surface area contributed by atoms with Crippen LogP contribution in [0, 0.1) is 5.82 Å². The number of hydrogen-bond donors (Lipinski definition) is 2. The molecule has 0 radical (unpaired) electrons. The second-order valence-corrected chi connectivity index (χ2v) is 4.61. The van der Waals surface area contributed by atoms with E-state index in [2.05, 4.69) is 27.8 Å². The zero-order valence-electron chi connectivity index (χ0n) is 9.47. The van der Waals surface area contributed by atoms with Crippen LogP contribution in [0.3, 0.4) is 0 Å². The van der Waals surface area contributed by atoms with Crippen molar-refractivity contribution >= 4 is 27.5 Å². The van der Waals surface area contributed by atoms with Crippen molar-refractivity contribution in [2.75, 3.05) is 5.73 Å². The fourth-order valence-electron chi connectivity index (χ4n) is 1.35. The fraction of sp³-hybridized carbons (Fsp3) is 0.250. The summed E-state index contributed by atoms with van der Waals surface area (Å²) in [5, 5.41) is 2.77. The van der Waals surface area contributed by atoms with Crippen LogP contribution in [0.2, 0.25) is 0 Å². The first kappa shape index (κ1) is 13.7. The van der Waals surface area contributed by atoms with Gasteiger partial charge < -0.3 is 11.1 Å². The van der Waals surface area contributed by atoms with Gasteiger partial charge in [0.05, 0.1) is 11.3 Å². The summed E-state index contributed by atoms with van der Waals surface area (Å²) in [5.74, 6) is -0.842. The van der Waals surface area contributed by atoms with Crippen molar-refractivity contribution in [2.45, 2.75) is 19.4 Å². The Bertz CT molecular complexity index is 448. The molecule has 0 aliphatic carbocycles. The highest BCUT2D eigenvalue weighted by Gasteiger charge is 2.14. The quantitative estimate of drug-likeness (QED) is 0.663. The number of anilines is 1. The van der Waals surface area contributed by atoms with Crippen molar-refractivity contribution in [2.24, 2.45) is 0 Å². The Kier molecular flexibility index (Phi) is 4.69. The highest BCUT2D eigenvalue weighted by atomic mass is 79.9. The Morgan fingerprint density at radius 2 is 2.35 bits per heavy atom. The zero-order chi connectivity index (χ0) is 13.0. The van der Waals surface area contributed by atoms with E-state index in [1.54, 1.807) is 6.08 Å². The summed E-state index contributed by atoms with van der Waals surface area (Å²) in [6.07, 6.45) is 2.39. The van der Waals surface area contributed by atoms with Crippen molar-refractivity contribution in [3.05, 3.63) is 40.6 Å². The molecule has 17 heavy (non-hydrogen) atoms. The molecule has 1 aromatic rings. The Balaban J connectivity index is 2.89. The van der Waals surface area contributed by atoms with Gasteiger partial charge in [-0.1, -0.05) is 6.08 Å². The summed E-state index contributed by atoms with van der Waals surface area (Å²) in [4.78, 5) is 11.9. The Hall–Kier alpha value is -1.36. The Morgan fingerprint density at radius 1 is 1.71 bits per heavy atom. The van der Waals surface area contributed by atoms with Gasteiger partial charge in [0.15, 0.2) is 0 Å². The Morgan fingerprint density at radius 3 is 2.94 bits per heavy atom. The van der Waals surface area contributed by atoms with Crippen LogP contribution in [0.4, 0.5) is 10.1 Å². The van der Waals surface area contributed by atoms with Crippen LogP contribution >= 0.6 is 15.9 Å². The smallest absolute Gasteiger partial charge is 0.252 e. The van der Waals surface area contributed by atoms with Crippen molar-refractivity contribution < 1.29 is 9.18 Å². The van der Waals surface area contributed by atoms with Gasteiger partial charge in [-0.3, -0.25) is 4.79 Å². The maximum atomic E-state index is 13.1. The number of benzene rings is 1. The molecule has 5 heteroatoms. The molecule has 1 aromatic carbocycles. The van der Waals surface area contributed by atoms with Gasteiger partial charge in [0.2, 0.25) is 0 Å². The summed E-state index contributed by atoms with van der Waals surface area (Å²) in [6, 6.07) is 2.47. The highest BCUT2D eigenvalue weighted by molar-refractivity contribution is 9.10. The van der Waals surface area contributed by atoms with Gasteiger partial charge >= 0.3 is 0 Å². The van der Waals surface area contributed by atoms with Crippen molar-refractivity contribution in [1.29, 1.82) is 0 Å². The van der Waals surface area contributed by atoms with Gasteiger partial charge in [0.1, 0.15) is 5.82 Å². The van der Waals surface area contributed by atoms with E-state index in [0.29, 0.717) is 16.5 Å². The van der Waals surface area contributed by atoms with E-state index in [-0.39, 0.29) is 17.6 Å². The van der Waals surface area contributed by atoms with Gasteiger partial charge in [-0.15, -0.1) is 6.58 Å². The first-order valence-corrected chi connectivity index (χ1v) is 5.91. The van der Waals surface area contributed by atoms with Gasteiger partial charge in [-0.2, -0.15) is 0 Å². The van der Waals surface area contributed by atoms with Crippen molar-refractivity contribution in [3.63, 3.8) is 0 Å². The molecule has 3 nitrogen and oxygen atoms in total. The zero-order valence-corrected chi connectivity index (χ0v) is 11.1. The minimum absolute atomic E-state index is 0.0295. The molecular formula is C12H14BrFN2O. The van der Waals surface area contributed by atoms with Crippen molar-refractivity contribution in [3.8, 4) is 0 Å². The van der Waals surface area contributed by atoms with E-state index >= 15 is 0 Å². The summed E-state index contributed by atoms with van der Waals surface area (Å²) >= 11 is 3.13. The van der Waals surface area contributed by atoms with Gasteiger partial charge in [-0.05, 0) is 41.4 Å². The molecule has 3 N–H and O–H groups in total. The molecule has 0 aromatic heterocycles. The molecule has 0 fully saturated rings. The van der Waals surface area contributed by atoms with Crippen LogP contribution in [0.15, 0.2) is 29.3 Å². The molecule has 0 saturated heterocycles. The monoisotopic (exact) mass is 300 g/mol. The molecule has 1 amide bonds. The second-order valence-electron chi connectivity index (χ2n) is 3.75. The van der Waals surface area contributed by atoms with E-state index in [1.165, 1.54) is 12.1 Å². The lowest BCUT2D eigenvalue weighted by Gasteiger charge is -2.13. The predicted molar refractivity (Wildman–Crippen MR) is 70.3 cm³/mol. The van der Waals surface area contributed by atoms with Crippen LogP contribution in [-0.2, 0) is 0 Å². The molecule has 1 rings (SSSR count). The lowest BCUT2D eigenvalue weighted by molar-refractivity contribution is 0.0940. The molecule has 0 aliphatic rings. The molecule has 0 bridgehead atoms. The van der Waals surface area contributed by atoms with E-state index in [4.69, 9.17) is 5.73 Å². The number of carbonyl (C=O) groups is 1. The third-order valence-electron chi connectivity index (χ3n) is 2.23. The molecule has 92 valence electrons. The van der Waals surface area contributed by atoms with E-state index in [1.807, 2.05) is 6.92 Å².